The van der Waals surface area contributed by atoms with Crippen LogP contribution in [0.1, 0.15) is 373 Å². The number of ether oxygens (including phenoxy) is 1. The lowest BCUT2D eigenvalue weighted by molar-refractivity contribution is -0.143. The van der Waals surface area contributed by atoms with Crippen LogP contribution >= 0.6 is 0 Å². The normalized spacial score (nSPS) is 12.6. The van der Waals surface area contributed by atoms with E-state index < -0.39 is 12.1 Å². The summed E-state index contributed by atoms with van der Waals surface area (Å²) in [5.41, 5.74) is 0. The van der Waals surface area contributed by atoms with E-state index in [2.05, 4.69) is 31.3 Å². The van der Waals surface area contributed by atoms with E-state index in [-0.39, 0.29) is 18.5 Å². The third kappa shape index (κ3) is 57.9. The molecule has 6 heteroatoms. The van der Waals surface area contributed by atoms with Crippen molar-refractivity contribution in [2.75, 3.05) is 13.2 Å². The number of nitrogens with one attached hydrogen (secondary N) is 1. The van der Waals surface area contributed by atoms with E-state index in [4.69, 9.17) is 4.74 Å². The molecule has 0 aliphatic heterocycles. The Morgan fingerprint density at radius 1 is 0.375 bits per heavy atom. The van der Waals surface area contributed by atoms with E-state index in [9.17, 15) is 19.8 Å². The first-order valence-corrected chi connectivity index (χ1v) is 32.9. The molecule has 428 valence electrons. The monoisotopic (exact) mass is 1020 g/mol. The maximum atomic E-state index is 12.5. The highest BCUT2D eigenvalue weighted by atomic mass is 16.5. The Hall–Kier alpha value is -1.40. The van der Waals surface area contributed by atoms with Crippen molar-refractivity contribution in [3.8, 4) is 0 Å². The van der Waals surface area contributed by atoms with Gasteiger partial charge in [0.1, 0.15) is 0 Å². The molecule has 0 fully saturated rings. The van der Waals surface area contributed by atoms with Gasteiger partial charge in [0, 0.05) is 12.8 Å². The minimum absolute atomic E-state index is 0.0138. The molecule has 0 aromatic carbocycles. The lowest BCUT2D eigenvalue weighted by Gasteiger charge is -2.22. The van der Waals surface area contributed by atoms with Gasteiger partial charge in [0.25, 0.3) is 0 Å². The predicted octanol–water partition coefficient (Wildman–Crippen LogP) is 20.8. The maximum absolute atomic E-state index is 12.5. The Balaban J connectivity index is 3.40. The van der Waals surface area contributed by atoms with E-state index in [1.807, 2.05) is 0 Å². The maximum Gasteiger partial charge on any atom is 0.305 e. The van der Waals surface area contributed by atoms with Crippen LogP contribution in [0.4, 0.5) is 0 Å². The largest absolute Gasteiger partial charge is 0.466 e. The third-order valence-corrected chi connectivity index (χ3v) is 15.6. The Morgan fingerprint density at radius 3 is 0.986 bits per heavy atom. The third-order valence-electron chi connectivity index (χ3n) is 15.6. The Labute approximate surface area is 450 Å². The molecule has 2 unspecified atom stereocenters. The topological polar surface area (TPSA) is 95.9 Å². The van der Waals surface area contributed by atoms with Gasteiger partial charge in [-0.1, -0.05) is 321 Å². The van der Waals surface area contributed by atoms with Gasteiger partial charge in [-0.05, 0) is 51.4 Å². The molecule has 6 nitrogen and oxygen atoms in total. The number of rotatable bonds is 62. The highest BCUT2D eigenvalue weighted by molar-refractivity contribution is 5.76. The van der Waals surface area contributed by atoms with Crippen molar-refractivity contribution in [2.45, 2.75) is 386 Å². The summed E-state index contributed by atoms with van der Waals surface area (Å²) in [6.45, 7) is 4.99. The number of allylic oxidation sites excluding steroid dienone is 2. The van der Waals surface area contributed by atoms with Crippen molar-refractivity contribution < 1.29 is 24.5 Å². The summed E-state index contributed by atoms with van der Waals surface area (Å²) in [7, 11) is 0. The van der Waals surface area contributed by atoms with Crippen LogP contribution in [0.5, 0.6) is 0 Å². The zero-order valence-electron chi connectivity index (χ0n) is 48.9. The Kier molecular flexibility index (Phi) is 60.9. The number of esters is 1. The lowest BCUT2D eigenvalue weighted by atomic mass is 10.0. The molecule has 0 aromatic rings. The molecule has 0 heterocycles. The summed E-state index contributed by atoms with van der Waals surface area (Å²) in [6.07, 6.45) is 75.2. The summed E-state index contributed by atoms with van der Waals surface area (Å²) in [6, 6.07) is -0.546. The first kappa shape index (κ1) is 70.6. The number of carbonyl (C=O) groups is 2. The van der Waals surface area contributed by atoms with Crippen molar-refractivity contribution >= 4 is 11.9 Å². The molecule has 1 amide bonds. The Morgan fingerprint density at radius 2 is 0.653 bits per heavy atom. The first-order chi connectivity index (χ1) is 35.5. The fourth-order valence-electron chi connectivity index (χ4n) is 10.5. The number of carbonyl (C=O) groups excluding carboxylic acids is 2. The smallest absolute Gasteiger partial charge is 0.305 e. The van der Waals surface area contributed by atoms with Gasteiger partial charge in [0.2, 0.25) is 5.91 Å². The number of hydrogen-bond acceptors (Lipinski definition) is 5. The van der Waals surface area contributed by atoms with Crippen LogP contribution in [0.2, 0.25) is 0 Å². The number of aliphatic hydroxyl groups is 2. The van der Waals surface area contributed by atoms with Crippen molar-refractivity contribution in [2.24, 2.45) is 0 Å². The molecule has 0 spiro atoms. The molecule has 0 radical (unpaired) electrons. The fourth-order valence-corrected chi connectivity index (χ4v) is 10.5. The lowest BCUT2D eigenvalue weighted by Crippen LogP contribution is -2.45. The van der Waals surface area contributed by atoms with Gasteiger partial charge < -0.3 is 20.3 Å². The summed E-state index contributed by atoms with van der Waals surface area (Å²) in [5, 5.41) is 23.4. The molecule has 0 bridgehead atoms. The van der Waals surface area contributed by atoms with Gasteiger partial charge in [0.05, 0.1) is 25.4 Å². The summed E-state index contributed by atoms with van der Waals surface area (Å²) in [4.78, 5) is 24.6. The van der Waals surface area contributed by atoms with Crippen LogP contribution in [0.25, 0.3) is 0 Å². The molecule has 3 N–H and O–H groups in total. The van der Waals surface area contributed by atoms with Gasteiger partial charge in [-0.3, -0.25) is 9.59 Å². The van der Waals surface area contributed by atoms with Crippen LogP contribution < -0.4 is 5.32 Å². The minimum atomic E-state index is -0.668. The highest BCUT2D eigenvalue weighted by Crippen LogP contribution is 2.18. The second-order valence-electron chi connectivity index (χ2n) is 22.8. The first-order valence-electron chi connectivity index (χ1n) is 32.9. The molecule has 0 saturated heterocycles. The van der Waals surface area contributed by atoms with E-state index in [0.717, 1.165) is 38.5 Å². The predicted molar refractivity (Wildman–Crippen MR) is 315 cm³/mol. The molecule has 2 atom stereocenters. The summed E-state index contributed by atoms with van der Waals surface area (Å²) >= 11 is 0. The van der Waals surface area contributed by atoms with Gasteiger partial charge in [-0.2, -0.15) is 0 Å². The number of aliphatic hydroxyl groups excluding tert-OH is 2. The zero-order chi connectivity index (χ0) is 52.2. The van der Waals surface area contributed by atoms with E-state index in [0.29, 0.717) is 25.9 Å². The molecule has 0 aliphatic rings. The molecular formula is C66H129NO5. The van der Waals surface area contributed by atoms with Gasteiger partial charge >= 0.3 is 5.97 Å². The standard InChI is InChI=1S/C66H129NO5/c1-3-5-7-9-11-13-15-17-19-20-27-31-34-38-42-46-50-54-58-64(69)63(62-68)67-65(70)59-55-51-47-43-39-35-32-28-25-23-21-22-24-26-29-33-37-41-45-49-53-57-61-72-66(71)60-56-52-48-44-40-36-30-18-16-14-12-10-8-6-4-2/h23,25,63-64,68-69H,3-22,24,26-62H2,1-2H3,(H,67,70)/b25-23-. The van der Waals surface area contributed by atoms with Crippen LogP contribution in [0.3, 0.4) is 0 Å². The second-order valence-corrected chi connectivity index (χ2v) is 22.8. The fraction of sp³-hybridized carbons (Fsp3) is 0.939. The number of hydrogen-bond donors (Lipinski definition) is 3. The van der Waals surface area contributed by atoms with E-state index in [1.54, 1.807) is 0 Å². The zero-order valence-corrected chi connectivity index (χ0v) is 48.9. The molecule has 0 rings (SSSR count). The SMILES string of the molecule is CCCCCCCCCCCCCCCCCCCCC(O)C(CO)NC(=O)CCCCCCCCC/C=C\CCCCCCCCCCCCCOC(=O)CCCCCCCCCCCCCCCCC. The highest BCUT2D eigenvalue weighted by Gasteiger charge is 2.20. The van der Waals surface area contributed by atoms with Crippen molar-refractivity contribution in [1.82, 2.24) is 5.32 Å². The molecule has 0 saturated carbocycles. The van der Waals surface area contributed by atoms with Gasteiger partial charge in [-0.15, -0.1) is 0 Å². The minimum Gasteiger partial charge on any atom is -0.466 e. The van der Waals surface area contributed by atoms with Gasteiger partial charge in [-0.25, -0.2) is 0 Å². The van der Waals surface area contributed by atoms with E-state index >= 15 is 0 Å². The second kappa shape index (κ2) is 62.1. The Bertz CT molecular complexity index is 1080. The van der Waals surface area contributed by atoms with Crippen molar-refractivity contribution in [1.29, 1.82) is 0 Å². The molecule has 0 aromatic heterocycles. The molecular weight excluding hydrogens is 887 g/mol. The van der Waals surface area contributed by atoms with Crippen LogP contribution in [-0.2, 0) is 14.3 Å². The molecule has 72 heavy (non-hydrogen) atoms. The average molecular weight is 1020 g/mol. The van der Waals surface area contributed by atoms with Crippen LogP contribution in [0, 0.1) is 0 Å². The van der Waals surface area contributed by atoms with E-state index in [1.165, 1.54) is 302 Å². The summed E-state index contributed by atoms with van der Waals surface area (Å²) < 4.78 is 5.49. The number of amides is 1. The number of unbranched alkanes of at least 4 members (excludes halogenated alkanes) is 49. The average Bonchev–Trinajstić information content (AvgIpc) is 3.38. The van der Waals surface area contributed by atoms with Crippen LogP contribution in [0.15, 0.2) is 12.2 Å². The van der Waals surface area contributed by atoms with Crippen molar-refractivity contribution in [3.05, 3.63) is 12.2 Å². The van der Waals surface area contributed by atoms with Gasteiger partial charge in [0.15, 0.2) is 0 Å². The van der Waals surface area contributed by atoms with Crippen LogP contribution in [-0.4, -0.2) is 47.4 Å². The summed E-state index contributed by atoms with van der Waals surface area (Å²) in [5.74, 6) is -0.0244. The van der Waals surface area contributed by atoms with Crippen molar-refractivity contribution in [3.63, 3.8) is 0 Å². The quantitative estimate of drug-likeness (QED) is 0.0320. The molecule has 0 aliphatic carbocycles.